The van der Waals surface area contributed by atoms with Gasteiger partial charge in [-0.05, 0) is 50.6 Å². The van der Waals surface area contributed by atoms with E-state index in [0.29, 0.717) is 5.56 Å². The van der Waals surface area contributed by atoms with Gasteiger partial charge in [0, 0.05) is 6.42 Å². The van der Waals surface area contributed by atoms with Crippen molar-refractivity contribution in [2.24, 2.45) is 0 Å². The molecule has 21 heavy (non-hydrogen) atoms. The van der Waals surface area contributed by atoms with Crippen LogP contribution < -0.4 is 0 Å². The van der Waals surface area contributed by atoms with Crippen molar-refractivity contribution < 1.29 is 18.7 Å². The van der Waals surface area contributed by atoms with Crippen LogP contribution in [-0.4, -0.2) is 34.6 Å². The predicted octanol–water partition coefficient (Wildman–Crippen LogP) is 3.23. The highest BCUT2D eigenvalue weighted by molar-refractivity contribution is 5.78. The lowest BCUT2D eigenvalue weighted by molar-refractivity contribution is -0.150. The molecule has 1 heterocycles. The Labute approximate surface area is 123 Å². The lowest BCUT2D eigenvalue weighted by atomic mass is 9.90. The largest absolute Gasteiger partial charge is 0.480 e. The van der Waals surface area contributed by atoms with E-state index in [-0.39, 0.29) is 6.42 Å². The summed E-state index contributed by atoms with van der Waals surface area (Å²) in [4.78, 5) is 13.7. The molecule has 2 rings (SSSR count). The number of hydrogen-bond acceptors (Lipinski definition) is 2. The second-order valence-corrected chi connectivity index (χ2v) is 5.91. The van der Waals surface area contributed by atoms with Gasteiger partial charge in [0.25, 0.3) is 0 Å². The first-order valence-electron chi connectivity index (χ1n) is 7.36. The van der Waals surface area contributed by atoms with E-state index in [1.807, 2.05) is 4.90 Å². The number of carboxylic acids is 1. The standard InChI is InChI=1S/C16H21F2NO2/c1-16(15(20)21,19-8-4-2-3-5-9-19)11-12-6-7-13(17)14(18)10-12/h6-7,10H,2-5,8-9,11H2,1H3,(H,20,21). The molecule has 0 radical (unpaired) electrons. The van der Waals surface area contributed by atoms with Gasteiger partial charge in [0.05, 0.1) is 0 Å². The molecule has 1 atom stereocenters. The fourth-order valence-corrected chi connectivity index (χ4v) is 2.93. The van der Waals surface area contributed by atoms with Crippen LogP contribution in [-0.2, 0) is 11.2 Å². The first kappa shape index (κ1) is 15.9. The zero-order chi connectivity index (χ0) is 15.5. The Bertz CT molecular complexity index is 513. The molecule has 0 saturated carbocycles. The van der Waals surface area contributed by atoms with Gasteiger partial charge < -0.3 is 5.11 Å². The smallest absolute Gasteiger partial charge is 0.324 e. The summed E-state index contributed by atoms with van der Waals surface area (Å²) in [5.41, 5.74) is -0.586. The van der Waals surface area contributed by atoms with E-state index in [0.717, 1.165) is 50.9 Å². The van der Waals surface area contributed by atoms with Gasteiger partial charge in [-0.3, -0.25) is 9.69 Å². The molecule has 1 aromatic carbocycles. The number of aliphatic carboxylic acids is 1. The Morgan fingerprint density at radius 2 is 1.81 bits per heavy atom. The highest BCUT2D eigenvalue weighted by Gasteiger charge is 2.39. The lowest BCUT2D eigenvalue weighted by Gasteiger charge is -2.37. The minimum atomic E-state index is -1.09. The highest BCUT2D eigenvalue weighted by atomic mass is 19.2. The summed E-state index contributed by atoms with van der Waals surface area (Å²) in [5, 5.41) is 9.65. The summed E-state index contributed by atoms with van der Waals surface area (Å²) in [6.07, 6.45) is 4.33. The van der Waals surface area contributed by atoms with Crippen molar-refractivity contribution >= 4 is 5.97 Å². The van der Waals surface area contributed by atoms with Crippen molar-refractivity contribution in [3.63, 3.8) is 0 Å². The summed E-state index contributed by atoms with van der Waals surface area (Å²) in [7, 11) is 0. The third-order valence-electron chi connectivity index (χ3n) is 4.30. The SMILES string of the molecule is CC(Cc1ccc(F)c(F)c1)(C(=O)O)N1CCCCCC1. The van der Waals surface area contributed by atoms with Gasteiger partial charge in [-0.2, -0.15) is 0 Å². The van der Waals surface area contributed by atoms with Crippen LogP contribution in [0.5, 0.6) is 0 Å². The maximum Gasteiger partial charge on any atom is 0.324 e. The summed E-state index contributed by atoms with van der Waals surface area (Å²) in [6, 6.07) is 3.60. The minimum Gasteiger partial charge on any atom is -0.480 e. The summed E-state index contributed by atoms with van der Waals surface area (Å²) in [5.74, 6) is -2.77. The monoisotopic (exact) mass is 297 g/mol. The number of carbonyl (C=O) groups is 1. The molecule has 0 spiro atoms. The van der Waals surface area contributed by atoms with Crippen LogP contribution in [0.4, 0.5) is 8.78 Å². The molecule has 1 fully saturated rings. The van der Waals surface area contributed by atoms with Crippen molar-refractivity contribution in [1.82, 2.24) is 4.90 Å². The maximum absolute atomic E-state index is 13.3. The van der Waals surface area contributed by atoms with Crippen LogP contribution in [0.15, 0.2) is 18.2 Å². The van der Waals surface area contributed by atoms with Crippen molar-refractivity contribution in [2.45, 2.75) is 44.6 Å². The Hall–Kier alpha value is -1.49. The molecule has 1 saturated heterocycles. The van der Waals surface area contributed by atoms with E-state index in [1.165, 1.54) is 6.07 Å². The van der Waals surface area contributed by atoms with E-state index >= 15 is 0 Å². The van der Waals surface area contributed by atoms with Crippen molar-refractivity contribution in [2.75, 3.05) is 13.1 Å². The van der Waals surface area contributed by atoms with Gasteiger partial charge in [0.2, 0.25) is 0 Å². The number of nitrogens with zero attached hydrogens (tertiary/aromatic N) is 1. The second kappa shape index (κ2) is 6.52. The fraction of sp³-hybridized carbons (Fsp3) is 0.562. The zero-order valence-electron chi connectivity index (χ0n) is 12.2. The van der Waals surface area contributed by atoms with Gasteiger partial charge in [-0.1, -0.05) is 18.9 Å². The molecule has 0 bridgehead atoms. The number of hydrogen-bond donors (Lipinski definition) is 1. The van der Waals surface area contributed by atoms with Crippen LogP contribution in [0, 0.1) is 11.6 Å². The van der Waals surface area contributed by atoms with Crippen LogP contribution in [0.3, 0.4) is 0 Å². The van der Waals surface area contributed by atoms with E-state index in [4.69, 9.17) is 0 Å². The van der Waals surface area contributed by atoms with E-state index < -0.39 is 23.1 Å². The molecule has 0 aromatic heterocycles. The molecule has 0 amide bonds. The first-order valence-corrected chi connectivity index (χ1v) is 7.36. The van der Waals surface area contributed by atoms with Gasteiger partial charge in [-0.15, -0.1) is 0 Å². The Morgan fingerprint density at radius 1 is 1.19 bits per heavy atom. The third kappa shape index (κ3) is 3.59. The number of halogens is 2. The number of rotatable bonds is 4. The Morgan fingerprint density at radius 3 is 2.33 bits per heavy atom. The molecule has 1 N–H and O–H groups in total. The molecule has 5 heteroatoms. The minimum absolute atomic E-state index is 0.166. The van der Waals surface area contributed by atoms with Gasteiger partial charge >= 0.3 is 5.97 Å². The van der Waals surface area contributed by atoms with Crippen LogP contribution >= 0.6 is 0 Å². The molecule has 3 nitrogen and oxygen atoms in total. The van der Waals surface area contributed by atoms with Crippen molar-refractivity contribution in [3.05, 3.63) is 35.4 Å². The van der Waals surface area contributed by atoms with Crippen molar-refractivity contribution in [1.29, 1.82) is 0 Å². The second-order valence-electron chi connectivity index (χ2n) is 5.91. The molecule has 1 aliphatic rings. The predicted molar refractivity (Wildman–Crippen MR) is 76.1 cm³/mol. The van der Waals surface area contributed by atoms with Crippen LogP contribution in [0.25, 0.3) is 0 Å². The third-order valence-corrected chi connectivity index (χ3v) is 4.30. The zero-order valence-corrected chi connectivity index (χ0v) is 12.2. The quantitative estimate of drug-likeness (QED) is 0.927. The maximum atomic E-state index is 13.3. The van der Waals surface area contributed by atoms with E-state index in [9.17, 15) is 18.7 Å². The Balaban J connectivity index is 2.24. The molecular formula is C16H21F2NO2. The number of benzene rings is 1. The number of carboxylic acid groups (broad SMARTS) is 1. The topological polar surface area (TPSA) is 40.5 Å². The Kier molecular flexibility index (Phi) is 4.93. The van der Waals surface area contributed by atoms with Crippen LogP contribution in [0.1, 0.15) is 38.2 Å². The normalized spacial score (nSPS) is 19.8. The average molecular weight is 297 g/mol. The fourth-order valence-electron chi connectivity index (χ4n) is 2.93. The summed E-state index contributed by atoms with van der Waals surface area (Å²) in [6.45, 7) is 3.13. The first-order chi connectivity index (χ1) is 9.93. The molecule has 1 aliphatic heterocycles. The van der Waals surface area contributed by atoms with Gasteiger partial charge in [-0.25, -0.2) is 8.78 Å². The molecule has 0 aliphatic carbocycles. The molecule has 1 unspecified atom stereocenters. The van der Waals surface area contributed by atoms with E-state index in [2.05, 4.69) is 0 Å². The number of likely N-dealkylation sites (tertiary alicyclic amines) is 1. The summed E-state index contributed by atoms with van der Waals surface area (Å²) >= 11 is 0. The average Bonchev–Trinajstić information content (AvgIpc) is 2.72. The van der Waals surface area contributed by atoms with E-state index in [1.54, 1.807) is 6.92 Å². The van der Waals surface area contributed by atoms with Gasteiger partial charge in [0.15, 0.2) is 11.6 Å². The van der Waals surface area contributed by atoms with Gasteiger partial charge in [0.1, 0.15) is 5.54 Å². The molecule has 1 aromatic rings. The summed E-state index contributed by atoms with van der Waals surface area (Å²) < 4.78 is 26.3. The van der Waals surface area contributed by atoms with Crippen molar-refractivity contribution in [3.8, 4) is 0 Å². The molecule has 116 valence electrons. The lowest BCUT2D eigenvalue weighted by Crippen LogP contribution is -2.54. The molecular weight excluding hydrogens is 276 g/mol. The highest BCUT2D eigenvalue weighted by Crippen LogP contribution is 2.25. The van der Waals surface area contributed by atoms with Crippen LogP contribution in [0.2, 0.25) is 0 Å².